The van der Waals surface area contributed by atoms with Gasteiger partial charge in [0.25, 0.3) is 0 Å². The number of rotatable bonds is 5. The standard InChI is InChI=1S/C14H15F3N2S2/c1-9(2)18-7-11-8-20-13(19-11)10-3-5-12(6-4-10)21-14(15,16)17/h3-6,8-9,18H,7H2,1-2H3. The monoisotopic (exact) mass is 332 g/mol. The molecule has 1 heterocycles. The molecule has 0 aliphatic carbocycles. The Kier molecular flexibility index (Phi) is 5.29. The summed E-state index contributed by atoms with van der Waals surface area (Å²) in [7, 11) is 0. The Hall–Kier alpha value is -1.05. The van der Waals surface area contributed by atoms with Crippen LogP contribution in [0.2, 0.25) is 0 Å². The molecule has 21 heavy (non-hydrogen) atoms. The van der Waals surface area contributed by atoms with Crippen molar-refractivity contribution < 1.29 is 13.2 Å². The Labute approximate surface area is 129 Å². The van der Waals surface area contributed by atoms with Crippen LogP contribution in [-0.2, 0) is 6.54 Å². The van der Waals surface area contributed by atoms with Crippen molar-refractivity contribution in [3.05, 3.63) is 35.3 Å². The van der Waals surface area contributed by atoms with Crippen LogP contribution in [0.1, 0.15) is 19.5 Å². The summed E-state index contributed by atoms with van der Waals surface area (Å²) in [5.41, 5.74) is -2.47. The quantitative estimate of drug-likeness (QED) is 0.787. The highest BCUT2D eigenvalue weighted by atomic mass is 32.2. The summed E-state index contributed by atoms with van der Waals surface area (Å²) >= 11 is 1.39. The van der Waals surface area contributed by atoms with E-state index in [0.29, 0.717) is 12.6 Å². The van der Waals surface area contributed by atoms with Gasteiger partial charge in [-0.3, -0.25) is 0 Å². The van der Waals surface area contributed by atoms with E-state index in [1.165, 1.54) is 23.5 Å². The van der Waals surface area contributed by atoms with Gasteiger partial charge in [-0.15, -0.1) is 11.3 Å². The highest BCUT2D eigenvalue weighted by Gasteiger charge is 2.29. The maximum Gasteiger partial charge on any atom is 0.446 e. The summed E-state index contributed by atoms with van der Waals surface area (Å²) in [5.74, 6) is 0. The molecule has 2 nitrogen and oxygen atoms in total. The fourth-order valence-electron chi connectivity index (χ4n) is 1.63. The van der Waals surface area contributed by atoms with Crippen LogP contribution in [-0.4, -0.2) is 16.5 Å². The zero-order valence-electron chi connectivity index (χ0n) is 11.6. The molecule has 0 aliphatic heterocycles. The van der Waals surface area contributed by atoms with Crippen molar-refractivity contribution >= 4 is 23.1 Å². The summed E-state index contributed by atoms with van der Waals surface area (Å²) in [6.07, 6.45) is 0. The van der Waals surface area contributed by atoms with Crippen molar-refractivity contribution in [3.63, 3.8) is 0 Å². The third-order valence-electron chi connectivity index (χ3n) is 2.58. The number of thioether (sulfide) groups is 1. The first-order valence-corrected chi connectivity index (χ1v) is 8.07. The first-order chi connectivity index (χ1) is 9.83. The third kappa shape index (κ3) is 5.33. The van der Waals surface area contributed by atoms with Crippen LogP contribution < -0.4 is 5.32 Å². The van der Waals surface area contributed by atoms with Crippen LogP contribution in [0, 0.1) is 0 Å². The number of alkyl halides is 3. The number of nitrogens with one attached hydrogen (secondary N) is 1. The molecule has 2 rings (SSSR count). The molecule has 114 valence electrons. The number of aromatic nitrogens is 1. The van der Waals surface area contributed by atoms with Crippen LogP contribution in [0.3, 0.4) is 0 Å². The van der Waals surface area contributed by atoms with Crippen LogP contribution in [0.25, 0.3) is 10.6 Å². The Morgan fingerprint density at radius 1 is 1.24 bits per heavy atom. The molecule has 0 spiro atoms. The first-order valence-electron chi connectivity index (χ1n) is 6.37. The SMILES string of the molecule is CC(C)NCc1csc(-c2ccc(SC(F)(F)F)cc2)n1. The molecule has 0 unspecified atom stereocenters. The van der Waals surface area contributed by atoms with Crippen LogP contribution in [0.4, 0.5) is 13.2 Å². The molecule has 2 aromatic rings. The lowest BCUT2D eigenvalue weighted by atomic mass is 10.2. The van der Waals surface area contributed by atoms with E-state index in [2.05, 4.69) is 24.1 Å². The number of halogens is 3. The van der Waals surface area contributed by atoms with Crippen LogP contribution in [0.5, 0.6) is 0 Å². The number of hydrogen-bond donors (Lipinski definition) is 1. The molecule has 0 bridgehead atoms. The molecular formula is C14H15F3N2S2. The lowest BCUT2D eigenvalue weighted by Gasteiger charge is -2.06. The van der Waals surface area contributed by atoms with Gasteiger partial charge in [-0.25, -0.2) is 4.98 Å². The molecule has 0 amide bonds. The van der Waals surface area contributed by atoms with Crippen molar-refractivity contribution in [1.82, 2.24) is 10.3 Å². The minimum atomic E-state index is -4.25. The number of nitrogens with zero attached hydrogens (tertiary/aromatic N) is 1. The molecule has 0 atom stereocenters. The Bertz CT molecular complexity index is 577. The number of hydrogen-bond acceptors (Lipinski definition) is 4. The van der Waals surface area contributed by atoms with Crippen LogP contribution in [0.15, 0.2) is 34.5 Å². The van der Waals surface area contributed by atoms with E-state index in [9.17, 15) is 13.2 Å². The van der Waals surface area contributed by atoms with E-state index in [4.69, 9.17) is 0 Å². The first kappa shape index (κ1) is 16.3. The van der Waals surface area contributed by atoms with Crippen LogP contribution >= 0.6 is 23.1 Å². The maximum atomic E-state index is 12.3. The molecular weight excluding hydrogens is 317 g/mol. The van der Waals surface area contributed by atoms with Crippen molar-refractivity contribution in [2.45, 2.75) is 36.8 Å². The van der Waals surface area contributed by atoms with Gasteiger partial charge in [0.05, 0.1) is 5.69 Å². The molecule has 0 fully saturated rings. The number of thiazole rings is 1. The van der Waals surface area contributed by atoms with E-state index in [1.807, 2.05) is 5.38 Å². The fourth-order valence-corrected chi connectivity index (χ4v) is 2.99. The van der Waals surface area contributed by atoms with Crippen molar-refractivity contribution in [1.29, 1.82) is 0 Å². The molecule has 0 saturated heterocycles. The van der Waals surface area contributed by atoms with E-state index in [1.54, 1.807) is 12.1 Å². The minimum Gasteiger partial charge on any atom is -0.309 e. The summed E-state index contributed by atoms with van der Waals surface area (Å²) in [6.45, 7) is 4.81. The second-order valence-corrected chi connectivity index (χ2v) is 6.75. The lowest BCUT2D eigenvalue weighted by Crippen LogP contribution is -2.21. The molecule has 0 saturated carbocycles. The predicted octanol–water partition coefficient (Wildman–Crippen LogP) is 4.92. The largest absolute Gasteiger partial charge is 0.446 e. The van der Waals surface area contributed by atoms with Gasteiger partial charge in [-0.05, 0) is 23.9 Å². The van der Waals surface area contributed by atoms with E-state index < -0.39 is 5.51 Å². The topological polar surface area (TPSA) is 24.9 Å². The molecule has 1 N–H and O–H groups in total. The summed E-state index contributed by atoms with van der Waals surface area (Å²) < 4.78 is 36.8. The highest BCUT2D eigenvalue weighted by Crippen LogP contribution is 2.37. The zero-order valence-corrected chi connectivity index (χ0v) is 13.2. The summed E-state index contributed by atoms with van der Waals surface area (Å²) in [6, 6.07) is 6.68. The average Bonchev–Trinajstić information content (AvgIpc) is 2.84. The van der Waals surface area contributed by atoms with Crippen molar-refractivity contribution in [3.8, 4) is 10.6 Å². The van der Waals surface area contributed by atoms with Gasteiger partial charge in [0.15, 0.2) is 0 Å². The molecule has 7 heteroatoms. The van der Waals surface area contributed by atoms with Gasteiger partial charge in [-0.1, -0.05) is 26.0 Å². The lowest BCUT2D eigenvalue weighted by molar-refractivity contribution is -0.0328. The fraction of sp³-hybridized carbons (Fsp3) is 0.357. The molecule has 0 aliphatic rings. The zero-order chi connectivity index (χ0) is 15.5. The van der Waals surface area contributed by atoms with Gasteiger partial charge in [0, 0.05) is 28.4 Å². The van der Waals surface area contributed by atoms with E-state index in [0.717, 1.165) is 16.3 Å². The Morgan fingerprint density at radius 2 is 1.90 bits per heavy atom. The highest BCUT2D eigenvalue weighted by molar-refractivity contribution is 8.00. The normalized spacial score (nSPS) is 12.1. The third-order valence-corrected chi connectivity index (χ3v) is 4.26. The Morgan fingerprint density at radius 3 is 2.48 bits per heavy atom. The second-order valence-electron chi connectivity index (χ2n) is 4.75. The van der Waals surface area contributed by atoms with E-state index >= 15 is 0 Å². The molecule has 1 aromatic heterocycles. The molecule has 0 radical (unpaired) electrons. The van der Waals surface area contributed by atoms with Crippen molar-refractivity contribution in [2.24, 2.45) is 0 Å². The smallest absolute Gasteiger partial charge is 0.309 e. The minimum absolute atomic E-state index is 0.106. The second kappa shape index (κ2) is 6.81. The molecule has 1 aromatic carbocycles. The van der Waals surface area contributed by atoms with E-state index in [-0.39, 0.29) is 16.7 Å². The summed E-state index contributed by atoms with van der Waals surface area (Å²) in [4.78, 5) is 4.67. The van der Waals surface area contributed by atoms with Gasteiger partial charge in [0.2, 0.25) is 0 Å². The summed E-state index contributed by atoms with van der Waals surface area (Å²) in [5, 5.41) is 6.06. The maximum absolute atomic E-state index is 12.3. The predicted molar refractivity (Wildman–Crippen MR) is 81.4 cm³/mol. The number of benzene rings is 1. The van der Waals surface area contributed by atoms with Gasteiger partial charge < -0.3 is 5.32 Å². The Balaban J connectivity index is 2.05. The van der Waals surface area contributed by atoms with Gasteiger partial charge >= 0.3 is 5.51 Å². The van der Waals surface area contributed by atoms with Gasteiger partial charge in [-0.2, -0.15) is 13.2 Å². The average molecular weight is 332 g/mol. The van der Waals surface area contributed by atoms with Crippen molar-refractivity contribution in [2.75, 3.05) is 0 Å². The van der Waals surface area contributed by atoms with Gasteiger partial charge in [0.1, 0.15) is 5.01 Å².